The summed E-state index contributed by atoms with van der Waals surface area (Å²) in [6.45, 7) is 0.324. The summed E-state index contributed by atoms with van der Waals surface area (Å²) >= 11 is 0. The first-order chi connectivity index (χ1) is 11.6. The van der Waals surface area contributed by atoms with E-state index in [1.54, 1.807) is 0 Å². The number of para-hydroxylation sites is 1. The van der Waals surface area contributed by atoms with Gasteiger partial charge in [0.2, 0.25) is 5.82 Å². The SMILES string of the molecule is Oc1c(NCc2cccc(Oc3ccccc3)c2)ccc(F)c1F. The fourth-order valence-corrected chi connectivity index (χ4v) is 2.22. The van der Waals surface area contributed by atoms with Crippen molar-refractivity contribution in [1.82, 2.24) is 0 Å². The van der Waals surface area contributed by atoms with E-state index in [0.29, 0.717) is 12.3 Å². The Hall–Kier alpha value is -3.08. The maximum atomic E-state index is 13.3. The number of hydrogen-bond donors (Lipinski definition) is 2. The number of nitrogens with one attached hydrogen (secondary N) is 1. The molecule has 0 aromatic heterocycles. The normalized spacial score (nSPS) is 10.4. The summed E-state index contributed by atoms with van der Waals surface area (Å²) in [5.74, 6) is -1.69. The van der Waals surface area contributed by atoms with Crippen LogP contribution in [0.25, 0.3) is 0 Å². The van der Waals surface area contributed by atoms with Crippen molar-refractivity contribution >= 4 is 5.69 Å². The first kappa shape index (κ1) is 15.8. The standard InChI is InChI=1S/C19H15F2NO2/c20-16-9-10-17(19(23)18(16)21)22-12-13-5-4-8-15(11-13)24-14-6-2-1-3-7-14/h1-11,22-23H,12H2. The Labute approximate surface area is 138 Å². The second kappa shape index (κ2) is 7.00. The molecule has 24 heavy (non-hydrogen) atoms. The van der Waals surface area contributed by atoms with Crippen LogP contribution in [0.1, 0.15) is 5.56 Å². The van der Waals surface area contributed by atoms with E-state index < -0.39 is 17.4 Å². The molecule has 0 aliphatic rings. The Morgan fingerprint density at radius 3 is 2.42 bits per heavy atom. The molecule has 3 aromatic carbocycles. The van der Waals surface area contributed by atoms with Crippen LogP contribution < -0.4 is 10.1 Å². The lowest BCUT2D eigenvalue weighted by molar-refractivity contribution is 0.409. The van der Waals surface area contributed by atoms with E-state index in [4.69, 9.17) is 4.74 Å². The number of phenols is 1. The Kier molecular flexibility index (Phi) is 4.61. The molecule has 5 heteroatoms. The third kappa shape index (κ3) is 3.63. The van der Waals surface area contributed by atoms with Gasteiger partial charge in [0.25, 0.3) is 0 Å². The Morgan fingerprint density at radius 1 is 0.875 bits per heavy atom. The molecule has 122 valence electrons. The topological polar surface area (TPSA) is 41.5 Å². The van der Waals surface area contributed by atoms with Crippen molar-refractivity contribution < 1.29 is 18.6 Å². The molecule has 0 aliphatic carbocycles. The van der Waals surface area contributed by atoms with Gasteiger partial charge in [-0.1, -0.05) is 30.3 Å². The largest absolute Gasteiger partial charge is 0.503 e. The van der Waals surface area contributed by atoms with E-state index in [0.717, 1.165) is 17.4 Å². The zero-order valence-electron chi connectivity index (χ0n) is 12.7. The quantitative estimate of drug-likeness (QED) is 0.643. The third-order valence-corrected chi connectivity index (χ3v) is 3.43. The molecular formula is C19H15F2NO2. The summed E-state index contributed by atoms with van der Waals surface area (Å²) in [6.07, 6.45) is 0. The number of benzene rings is 3. The van der Waals surface area contributed by atoms with E-state index in [1.165, 1.54) is 6.07 Å². The monoisotopic (exact) mass is 327 g/mol. The van der Waals surface area contributed by atoms with Crippen molar-refractivity contribution in [2.75, 3.05) is 5.32 Å². The van der Waals surface area contributed by atoms with E-state index >= 15 is 0 Å². The first-order valence-electron chi connectivity index (χ1n) is 7.36. The van der Waals surface area contributed by atoms with Crippen LogP contribution in [0, 0.1) is 11.6 Å². The summed E-state index contributed by atoms with van der Waals surface area (Å²) in [5.41, 5.74) is 0.996. The van der Waals surface area contributed by atoms with Crippen molar-refractivity contribution in [2.45, 2.75) is 6.54 Å². The van der Waals surface area contributed by atoms with Gasteiger partial charge in [0.15, 0.2) is 11.6 Å². The van der Waals surface area contributed by atoms with Gasteiger partial charge in [-0.3, -0.25) is 0 Å². The Morgan fingerprint density at radius 2 is 1.62 bits per heavy atom. The predicted molar refractivity (Wildman–Crippen MR) is 88.3 cm³/mol. The number of ether oxygens (including phenoxy) is 1. The summed E-state index contributed by atoms with van der Waals surface area (Å²) in [5, 5.41) is 12.5. The van der Waals surface area contributed by atoms with Crippen LogP contribution in [0.15, 0.2) is 66.7 Å². The maximum absolute atomic E-state index is 13.3. The summed E-state index contributed by atoms with van der Waals surface area (Å²) in [6, 6.07) is 19.0. The second-order valence-electron chi connectivity index (χ2n) is 5.17. The summed E-state index contributed by atoms with van der Waals surface area (Å²) < 4.78 is 32.1. The van der Waals surface area contributed by atoms with Crippen molar-refractivity contribution in [3.8, 4) is 17.2 Å². The number of aromatic hydroxyl groups is 1. The Balaban J connectivity index is 1.70. The highest BCUT2D eigenvalue weighted by molar-refractivity contribution is 5.56. The van der Waals surface area contributed by atoms with Crippen molar-refractivity contribution in [3.05, 3.63) is 83.9 Å². The molecular weight excluding hydrogens is 312 g/mol. The van der Waals surface area contributed by atoms with Crippen LogP contribution >= 0.6 is 0 Å². The fraction of sp³-hybridized carbons (Fsp3) is 0.0526. The molecule has 3 nitrogen and oxygen atoms in total. The van der Waals surface area contributed by atoms with Crippen LogP contribution in [0.2, 0.25) is 0 Å². The minimum atomic E-state index is -1.26. The van der Waals surface area contributed by atoms with Gasteiger partial charge in [-0.2, -0.15) is 4.39 Å². The van der Waals surface area contributed by atoms with Gasteiger partial charge in [0.05, 0.1) is 5.69 Å². The molecule has 0 bridgehead atoms. The molecule has 0 amide bonds. The van der Waals surface area contributed by atoms with Gasteiger partial charge in [-0.25, -0.2) is 4.39 Å². The van der Waals surface area contributed by atoms with Gasteiger partial charge in [0, 0.05) is 6.54 Å². The van der Waals surface area contributed by atoms with Crippen LogP contribution in [0.5, 0.6) is 17.2 Å². The lowest BCUT2D eigenvalue weighted by atomic mass is 10.2. The number of anilines is 1. The van der Waals surface area contributed by atoms with Crippen LogP contribution in [-0.4, -0.2) is 5.11 Å². The van der Waals surface area contributed by atoms with E-state index in [-0.39, 0.29) is 5.69 Å². The molecule has 0 fully saturated rings. The second-order valence-corrected chi connectivity index (χ2v) is 5.17. The Bertz CT molecular complexity index is 838. The van der Waals surface area contributed by atoms with Gasteiger partial charge >= 0.3 is 0 Å². The van der Waals surface area contributed by atoms with Gasteiger partial charge < -0.3 is 15.2 Å². The lowest BCUT2D eigenvalue weighted by Gasteiger charge is -2.11. The molecule has 2 N–H and O–H groups in total. The lowest BCUT2D eigenvalue weighted by Crippen LogP contribution is -2.01. The predicted octanol–water partition coefficient (Wildman–Crippen LogP) is 5.07. The first-order valence-corrected chi connectivity index (χ1v) is 7.36. The number of halogens is 2. The molecule has 0 atom stereocenters. The highest BCUT2D eigenvalue weighted by Gasteiger charge is 2.12. The zero-order valence-corrected chi connectivity index (χ0v) is 12.7. The number of rotatable bonds is 5. The van der Waals surface area contributed by atoms with Crippen molar-refractivity contribution in [3.63, 3.8) is 0 Å². The average molecular weight is 327 g/mol. The summed E-state index contributed by atoms with van der Waals surface area (Å²) in [7, 11) is 0. The third-order valence-electron chi connectivity index (χ3n) is 3.43. The molecule has 3 rings (SSSR count). The minimum Gasteiger partial charge on any atom is -0.503 e. The molecule has 0 saturated heterocycles. The molecule has 0 saturated carbocycles. The minimum absolute atomic E-state index is 0.128. The molecule has 0 radical (unpaired) electrons. The molecule has 0 spiro atoms. The van der Waals surface area contributed by atoms with Crippen LogP contribution in [-0.2, 0) is 6.54 Å². The fourth-order valence-electron chi connectivity index (χ4n) is 2.22. The van der Waals surface area contributed by atoms with Crippen LogP contribution in [0.4, 0.5) is 14.5 Å². The smallest absolute Gasteiger partial charge is 0.202 e. The zero-order chi connectivity index (χ0) is 16.9. The molecule has 0 aliphatic heterocycles. The number of phenolic OH excluding ortho intramolecular Hbond substituents is 1. The average Bonchev–Trinajstić information content (AvgIpc) is 2.60. The van der Waals surface area contributed by atoms with Gasteiger partial charge in [0.1, 0.15) is 11.5 Å². The highest BCUT2D eigenvalue weighted by atomic mass is 19.2. The van der Waals surface area contributed by atoms with Gasteiger partial charge in [-0.15, -0.1) is 0 Å². The van der Waals surface area contributed by atoms with Crippen molar-refractivity contribution in [2.24, 2.45) is 0 Å². The molecule has 0 heterocycles. The highest BCUT2D eigenvalue weighted by Crippen LogP contribution is 2.29. The van der Waals surface area contributed by atoms with Gasteiger partial charge in [-0.05, 0) is 42.0 Å². The molecule has 3 aromatic rings. The van der Waals surface area contributed by atoms with Crippen LogP contribution in [0.3, 0.4) is 0 Å². The van der Waals surface area contributed by atoms with E-state index in [2.05, 4.69) is 5.32 Å². The van der Waals surface area contributed by atoms with E-state index in [1.807, 2.05) is 54.6 Å². The number of hydrogen-bond acceptors (Lipinski definition) is 3. The van der Waals surface area contributed by atoms with E-state index in [9.17, 15) is 13.9 Å². The molecule has 0 unspecified atom stereocenters. The summed E-state index contributed by atoms with van der Waals surface area (Å²) in [4.78, 5) is 0. The van der Waals surface area contributed by atoms with Crippen molar-refractivity contribution in [1.29, 1.82) is 0 Å². The maximum Gasteiger partial charge on any atom is 0.202 e.